The van der Waals surface area contributed by atoms with Crippen LogP contribution in [-0.4, -0.2) is 28.5 Å². The molecule has 0 aliphatic heterocycles. The molecule has 1 aromatic rings. The van der Waals surface area contributed by atoms with Crippen molar-refractivity contribution < 1.29 is 14.3 Å². The molecule has 0 saturated carbocycles. The number of hydrogen-bond donors (Lipinski definition) is 2. The van der Waals surface area contributed by atoms with E-state index in [1.54, 1.807) is 0 Å². The zero-order valence-corrected chi connectivity index (χ0v) is 8.30. The number of hydrogen-bond acceptors (Lipinski definition) is 6. The molecule has 6 nitrogen and oxygen atoms in total. The van der Waals surface area contributed by atoms with Crippen molar-refractivity contribution in [1.29, 1.82) is 0 Å². The van der Waals surface area contributed by atoms with Crippen LogP contribution in [0, 0.1) is 0 Å². The molecule has 6 heteroatoms. The summed E-state index contributed by atoms with van der Waals surface area (Å²) in [6.45, 7) is 2.11. The van der Waals surface area contributed by atoms with Crippen molar-refractivity contribution in [2.24, 2.45) is 5.73 Å². The maximum atomic E-state index is 9.61. The minimum Gasteiger partial charge on any atom is -0.420 e. The highest BCUT2D eigenvalue weighted by Crippen LogP contribution is 2.15. The molecule has 80 valence electrons. The lowest BCUT2D eigenvalue weighted by Gasteiger charge is -2.12. The summed E-state index contributed by atoms with van der Waals surface area (Å²) >= 11 is 0. The van der Waals surface area contributed by atoms with Gasteiger partial charge < -0.3 is 20.0 Å². The first-order chi connectivity index (χ1) is 6.69. The highest BCUT2D eigenvalue weighted by molar-refractivity contribution is 4.90. The molecule has 1 rings (SSSR count). The largest absolute Gasteiger partial charge is 0.420 e. The number of aromatic nitrogens is 2. The smallest absolute Gasteiger partial charge is 0.246 e. The first kappa shape index (κ1) is 11.1. The van der Waals surface area contributed by atoms with E-state index in [0.29, 0.717) is 12.3 Å². The second kappa shape index (κ2) is 5.04. The van der Waals surface area contributed by atoms with Gasteiger partial charge in [-0.15, -0.1) is 10.2 Å². The third-order valence-electron chi connectivity index (χ3n) is 1.88. The summed E-state index contributed by atoms with van der Waals surface area (Å²) in [7, 11) is 1.53. The molecule has 14 heavy (non-hydrogen) atoms. The third kappa shape index (κ3) is 2.50. The van der Waals surface area contributed by atoms with Crippen molar-refractivity contribution in [1.82, 2.24) is 10.2 Å². The van der Waals surface area contributed by atoms with Crippen molar-refractivity contribution in [2.45, 2.75) is 32.1 Å². The van der Waals surface area contributed by atoms with Gasteiger partial charge in [0, 0.05) is 13.2 Å². The Balaban J connectivity index is 2.65. The van der Waals surface area contributed by atoms with Crippen molar-refractivity contribution in [2.75, 3.05) is 7.11 Å². The quantitative estimate of drug-likeness (QED) is 0.695. The molecule has 1 aromatic heterocycles. The van der Waals surface area contributed by atoms with Gasteiger partial charge in [-0.25, -0.2) is 0 Å². The molecule has 2 unspecified atom stereocenters. The Labute approximate surface area is 82.1 Å². The molecule has 0 fully saturated rings. The minimum atomic E-state index is -0.905. The Bertz CT molecular complexity index is 277. The summed E-state index contributed by atoms with van der Waals surface area (Å²) in [5.74, 6) is 0.483. The molecule has 1 heterocycles. The van der Waals surface area contributed by atoms with Gasteiger partial charge in [-0.1, -0.05) is 6.92 Å². The normalized spacial score (nSPS) is 15.4. The first-order valence-corrected chi connectivity index (χ1v) is 4.43. The average Bonchev–Trinajstić information content (AvgIpc) is 2.64. The van der Waals surface area contributed by atoms with Gasteiger partial charge in [0.1, 0.15) is 12.7 Å². The van der Waals surface area contributed by atoms with Gasteiger partial charge >= 0.3 is 0 Å². The van der Waals surface area contributed by atoms with Crippen LogP contribution in [0.1, 0.15) is 31.2 Å². The van der Waals surface area contributed by atoms with Crippen LogP contribution in [0.25, 0.3) is 0 Å². The van der Waals surface area contributed by atoms with E-state index >= 15 is 0 Å². The predicted molar refractivity (Wildman–Crippen MR) is 48.2 cm³/mol. The topological polar surface area (TPSA) is 94.4 Å². The second-order valence-electron chi connectivity index (χ2n) is 2.98. The van der Waals surface area contributed by atoms with Crippen LogP contribution < -0.4 is 5.73 Å². The maximum Gasteiger partial charge on any atom is 0.246 e. The Morgan fingerprint density at radius 3 is 2.86 bits per heavy atom. The van der Waals surface area contributed by atoms with E-state index in [-0.39, 0.29) is 18.5 Å². The van der Waals surface area contributed by atoms with Gasteiger partial charge in [0.05, 0.1) is 0 Å². The summed E-state index contributed by atoms with van der Waals surface area (Å²) in [6, 6.07) is -0.383. The standard InChI is InChI=1S/C8H15N3O3/c1-3-5(9)7(12)8-11-10-6(14-8)4-13-2/h5,7,12H,3-4,9H2,1-2H3. The highest BCUT2D eigenvalue weighted by Gasteiger charge is 2.21. The van der Waals surface area contributed by atoms with Gasteiger partial charge in [0.15, 0.2) is 0 Å². The summed E-state index contributed by atoms with van der Waals surface area (Å²) in [6.07, 6.45) is -0.263. The number of methoxy groups -OCH3 is 1. The lowest BCUT2D eigenvalue weighted by molar-refractivity contribution is 0.104. The number of rotatable bonds is 5. The molecular weight excluding hydrogens is 186 g/mol. The predicted octanol–water partition coefficient (Wildman–Crippen LogP) is -0.0133. The van der Waals surface area contributed by atoms with E-state index in [1.807, 2.05) is 6.92 Å². The van der Waals surface area contributed by atoms with Crippen LogP contribution in [0.2, 0.25) is 0 Å². The molecule has 0 aliphatic carbocycles. The van der Waals surface area contributed by atoms with Crippen molar-refractivity contribution in [3.05, 3.63) is 11.8 Å². The maximum absolute atomic E-state index is 9.61. The third-order valence-corrected chi connectivity index (χ3v) is 1.88. The number of aliphatic hydroxyl groups is 1. The molecule has 0 spiro atoms. The first-order valence-electron chi connectivity index (χ1n) is 4.43. The number of nitrogens with two attached hydrogens (primary N) is 1. The molecule has 0 bridgehead atoms. The van der Waals surface area contributed by atoms with Crippen molar-refractivity contribution in [3.63, 3.8) is 0 Å². The fourth-order valence-corrected chi connectivity index (χ4v) is 0.974. The van der Waals surface area contributed by atoms with Crippen LogP contribution in [0.5, 0.6) is 0 Å². The van der Waals surface area contributed by atoms with E-state index in [0.717, 1.165) is 0 Å². The number of aliphatic hydroxyl groups excluding tert-OH is 1. The van der Waals surface area contributed by atoms with Gasteiger partial charge in [0.2, 0.25) is 11.8 Å². The van der Waals surface area contributed by atoms with Crippen LogP contribution in [0.4, 0.5) is 0 Å². The van der Waals surface area contributed by atoms with E-state index in [9.17, 15) is 5.11 Å². The fraction of sp³-hybridized carbons (Fsp3) is 0.750. The van der Waals surface area contributed by atoms with Crippen LogP contribution in [-0.2, 0) is 11.3 Å². The van der Waals surface area contributed by atoms with E-state index in [1.165, 1.54) is 7.11 Å². The van der Waals surface area contributed by atoms with Crippen LogP contribution >= 0.6 is 0 Å². The zero-order valence-electron chi connectivity index (χ0n) is 8.30. The lowest BCUT2D eigenvalue weighted by Crippen LogP contribution is -2.27. The molecule has 0 amide bonds. The monoisotopic (exact) mass is 201 g/mol. The second-order valence-corrected chi connectivity index (χ2v) is 2.98. The number of ether oxygens (including phenoxy) is 1. The summed E-state index contributed by atoms with van der Waals surface area (Å²) in [5, 5.41) is 17.0. The van der Waals surface area contributed by atoms with E-state index < -0.39 is 6.10 Å². The SMILES string of the molecule is CCC(N)C(O)c1nnc(COC)o1. The highest BCUT2D eigenvalue weighted by atomic mass is 16.5. The number of nitrogens with zero attached hydrogens (tertiary/aromatic N) is 2. The van der Waals surface area contributed by atoms with Crippen molar-refractivity contribution >= 4 is 0 Å². The summed E-state index contributed by atoms with van der Waals surface area (Å²) in [4.78, 5) is 0. The molecule has 0 radical (unpaired) electrons. The zero-order chi connectivity index (χ0) is 10.6. The Morgan fingerprint density at radius 2 is 2.29 bits per heavy atom. The Morgan fingerprint density at radius 1 is 1.57 bits per heavy atom. The van der Waals surface area contributed by atoms with Crippen LogP contribution in [0.3, 0.4) is 0 Å². The van der Waals surface area contributed by atoms with E-state index in [2.05, 4.69) is 10.2 Å². The molecule has 0 aromatic carbocycles. The molecule has 0 aliphatic rings. The Kier molecular flexibility index (Phi) is 3.99. The summed E-state index contributed by atoms with van der Waals surface area (Å²) in [5.41, 5.74) is 5.62. The van der Waals surface area contributed by atoms with Crippen molar-refractivity contribution in [3.8, 4) is 0 Å². The minimum absolute atomic E-state index is 0.145. The van der Waals surface area contributed by atoms with Gasteiger partial charge in [0.25, 0.3) is 0 Å². The molecule has 0 saturated heterocycles. The van der Waals surface area contributed by atoms with Gasteiger partial charge in [-0.2, -0.15) is 0 Å². The molecular formula is C8H15N3O3. The average molecular weight is 201 g/mol. The molecule has 3 N–H and O–H groups in total. The lowest BCUT2D eigenvalue weighted by atomic mass is 10.1. The molecule has 2 atom stereocenters. The fourth-order valence-electron chi connectivity index (χ4n) is 0.974. The van der Waals surface area contributed by atoms with Gasteiger partial charge in [-0.05, 0) is 6.42 Å². The Hall–Kier alpha value is -0.980. The van der Waals surface area contributed by atoms with Gasteiger partial charge in [-0.3, -0.25) is 0 Å². The summed E-state index contributed by atoms with van der Waals surface area (Å²) < 4.78 is 9.93. The van der Waals surface area contributed by atoms with Crippen LogP contribution in [0.15, 0.2) is 4.42 Å². The van der Waals surface area contributed by atoms with E-state index in [4.69, 9.17) is 14.9 Å².